The SMILES string of the molecule is COc1ccc([C@H](CNC(=O)CCc2c(C)nc(N3CCOCC3)[nH]c2=O)N2CCOCC2)cc1. The summed E-state index contributed by atoms with van der Waals surface area (Å²) < 4.78 is 16.2. The monoisotopic (exact) mass is 485 g/mol. The maximum absolute atomic E-state index is 12.7. The number of nitrogens with zero attached hydrogens (tertiary/aromatic N) is 3. The van der Waals surface area contributed by atoms with E-state index in [2.05, 4.69) is 20.2 Å². The minimum Gasteiger partial charge on any atom is -0.497 e. The van der Waals surface area contributed by atoms with Crippen molar-refractivity contribution >= 4 is 11.9 Å². The molecule has 0 saturated carbocycles. The number of methoxy groups -OCH3 is 1. The van der Waals surface area contributed by atoms with Gasteiger partial charge in [-0.15, -0.1) is 0 Å². The number of ether oxygens (including phenoxy) is 3. The molecular formula is C25H35N5O5. The molecular weight excluding hydrogens is 450 g/mol. The van der Waals surface area contributed by atoms with Gasteiger partial charge in [-0.05, 0) is 31.0 Å². The zero-order valence-corrected chi connectivity index (χ0v) is 20.5. The molecule has 10 heteroatoms. The molecule has 0 radical (unpaired) electrons. The summed E-state index contributed by atoms with van der Waals surface area (Å²) in [6, 6.07) is 7.99. The second-order valence-electron chi connectivity index (χ2n) is 8.79. The highest BCUT2D eigenvalue weighted by molar-refractivity contribution is 5.76. The van der Waals surface area contributed by atoms with Crippen LogP contribution < -0.4 is 20.5 Å². The third kappa shape index (κ3) is 6.59. The van der Waals surface area contributed by atoms with Gasteiger partial charge in [0.25, 0.3) is 5.56 Å². The molecule has 4 rings (SSSR count). The van der Waals surface area contributed by atoms with Gasteiger partial charge < -0.3 is 24.4 Å². The summed E-state index contributed by atoms with van der Waals surface area (Å²) in [5, 5.41) is 3.07. The van der Waals surface area contributed by atoms with Gasteiger partial charge >= 0.3 is 0 Å². The van der Waals surface area contributed by atoms with Gasteiger partial charge in [-0.3, -0.25) is 19.5 Å². The van der Waals surface area contributed by atoms with E-state index in [1.54, 1.807) is 7.11 Å². The Hall–Kier alpha value is -2.95. The number of morpholine rings is 2. The van der Waals surface area contributed by atoms with Crippen molar-refractivity contribution in [2.45, 2.75) is 25.8 Å². The van der Waals surface area contributed by atoms with E-state index in [-0.39, 0.29) is 23.9 Å². The predicted molar refractivity (Wildman–Crippen MR) is 132 cm³/mol. The van der Waals surface area contributed by atoms with E-state index in [9.17, 15) is 9.59 Å². The lowest BCUT2D eigenvalue weighted by Gasteiger charge is -2.35. The number of hydrogen-bond acceptors (Lipinski definition) is 8. The number of aromatic amines is 1. The molecule has 35 heavy (non-hydrogen) atoms. The van der Waals surface area contributed by atoms with Crippen molar-refractivity contribution in [2.75, 3.05) is 71.2 Å². The molecule has 2 saturated heterocycles. The Morgan fingerprint density at radius 1 is 1.11 bits per heavy atom. The predicted octanol–water partition coefficient (Wildman–Crippen LogP) is 1.05. The lowest BCUT2D eigenvalue weighted by Crippen LogP contribution is -2.43. The maximum atomic E-state index is 12.7. The summed E-state index contributed by atoms with van der Waals surface area (Å²) in [7, 11) is 1.65. The highest BCUT2D eigenvalue weighted by Gasteiger charge is 2.23. The fourth-order valence-electron chi connectivity index (χ4n) is 4.53. The van der Waals surface area contributed by atoms with Crippen LogP contribution in [0.4, 0.5) is 5.95 Å². The number of hydrogen-bond donors (Lipinski definition) is 2. The van der Waals surface area contributed by atoms with E-state index in [0.29, 0.717) is 69.7 Å². The lowest BCUT2D eigenvalue weighted by atomic mass is 10.0. The maximum Gasteiger partial charge on any atom is 0.255 e. The van der Waals surface area contributed by atoms with Crippen molar-refractivity contribution in [3.8, 4) is 5.75 Å². The second kappa shape index (κ2) is 12.1. The first-order valence-corrected chi connectivity index (χ1v) is 12.2. The second-order valence-corrected chi connectivity index (χ2v) is 8.79. The molecule has 0 bridgehead atoms. The Balaban J connectivity index is 1.36. The van der Waals surface area contributed by atoms with Gasteiger partial charge in [0.1, 0.15) is 5.75 Å². The van der Waals surface area contributed by atoms with Gasteiger partial charge in [0.05, 0.1) is 39.6 Å². The van der Waals surface area contributed by atoms with Crippen LogP contribution >= 0.6 is 0 Å². The Bertz CT molecular complexity index is 1030. The number of aromatic nitrogens is 2. The molecule has 0 spiro atoms. The Morgan fingerprint density at radius 3 is 2.40 bits per heavy atom. The molecule has 1 atom stereocenters. The van der Waals surface area contributed by atoms with Crippen LogP contribution in [0.15, 0.2) is 29.1 Å². The van der Waals surface area contributed by atoms with Crippen LogP contribution in [-0.2, 0) is 20.7 Å². The van der Waals surface area contributed by atoms with Crippen LogP contribution in [-0.4, -0.2) is 87.0 Å². The zero-order chi connectivity index (χ0) is 24.6. The van der Waals surface area contributed by atoms with Gasteiger partial charge in [0.15, 0.2) is 0 Å². The molecule has 2 aromatic rings. The van der Waals surface area contributed by atoms with Gasteiger partial charge in [-0.25, -0.2) is 4.98 Å². The van der Waals surface area contributed by atoms with Crippen LogP contribution in [0.5, 0.6) is 5.75 Å². The largest absolute Gasteiger partial charge is 0.497 e. The van der Waals surface area contributed by atoms with Crippen molar-refractivity contribution in [2.24, 2.45) is 0 Å². The van der Waals surface area contributed by atoms with E-state index < -0.39 is 0 Å². The third-order valence-electron chi connectivity index (χ3n) is 6.60. The van der Waals surface area contributed by atoms with Gasteiger partial charge in [-0.1, -0.05) is 12.1 Å². The summed E-state index contributed by atoms with van der Waals surface area (Å²) in [5.41, 5.74) is 2.14. The summed E-state index contributed by atoms with van der Waals surface area (Å²) in [6.45, 7) is 7.90. The number of carbonyl (C=O) groups excluding carboxylic acids is 1. The fourth-order valence-corrected chi connectivity index (χ4v) is 4.53. The standard InChI is InChI=1S/C25H35N5O5/c1-18-21(24(32)28-25(27-18)30-11-15-35-16-12-30)7-8-23(31)26-17-22(29-9-13-34-14-10-29)19-3-5-20(33-2)6-4-19/h3-6,22H,7-17H2,1-2H3,(H,26,31)(H,27,28,32)/t22-/m0/s1. The summed E-state index contributed by atoms with van der Waals surface area (Å²) in [5.74, 6) is 1.28. The van der Waals surface area contributed by atoms with Gasteiger partial charge in [-0.2, -0.15) is 0 Å². The third-order valence-corrected chi connectivity index (χ3v) is 6.60. The molecule has 2 aliphatic rings. The van der Waals surface area contributed by atoms with Crippen LogP contribution in [0.25, 0.3) is 0 Å². The number of benzene rings is 1. The molecule has 1 amide bonds. The molecule has 0 unspecified atom stereocenters. The van der Waals surface area contributed by atoms with E-state index in [0.717, 1.165) is 24.4 Å². The highest BCUT2D eigenvalue weighted by atomic mass is 16.5. The van der Waals surface area contributed by atoms with E-state index in [1.165, 1.54) is 0 Å². The van der Waals surface area contributed by atoms with E-state index in [4.69, 9.17) is 14.2 Å². The van der Waals surface area contributed by atoms with Crippen LogP contribution in [0.2, 0.25) is 0 Å². The summed E-state index contributed by atoms with van der Waals surface area (Å²) in [6.07, 6.45) is 0.565. The van der Waals surface area contributed by atoms with E-state index in [1.807, 2.05) is 36.1 Å². The fraction of sp³-hybridized carbons (Fsp3) is 0.560. The Labute approximate surface area is 205 Å². The van der Waals surface area contributed by atoms with Crippen LogP contribution in [0, 0.1) is 6.92 Å². The molecule has 2 fully saturated rings. The molecule has 10 nitrogen and oxygen atoms in total. The van der Waals surface area contributed by atoms with Crippen molar-refractivity contribution in [1.29, 1.82) is 0 Å². The minimum absolute atomic E-state index is 0.0355. The first-order chi connectivity index (χ1) is 17.0. The molecule has 2 N–H and O–H groups in total. The number of nitrogens with one attached hydrogen (secondary N) is 2. The molecule has 2 aliphatic heterocycles. The molecule has 1 aromatic carbocycles. The first-order valence-electron chi connectivity index (χ1n) is 12.2. The minimum atomic E-state index is -0.184. The molecule has 0 aliphatic carbocycles. The van der Waals surface area contributed by atoms with Crippen molar-refractivity contribution in [3.63, 3.8) is 0 Å². The number of aryl methyl sites for hydroxylation is 1. The number of carbonyl (C=O) groups is 1. The van der Waals surface area contributed by atoms with Gasteiger partial charge in [0, 0.05) is 50.4 Å². The summed E-state index contributed by atoms with van der Waals surface area (Å²) in [4.78, 5) is 37.3. The quantitative estimate of drug-likeness (QED) is 0.543. The van der Waals surface area contributed by atoms with Crippen LogP contribution in [0.3, 0.4) is 0 Å². The summed E-state index contributed by atoms with van der Waals surface area (Å²) >= 11 is 0. The molecule has 190 valence electrons. The number of rotatable bonds is 9. The normalized spacial score (nSPS) is 17.7. The molecule has 3 heterocycles. The van der Waals surface area contributed by atoms with Crippen LogP contribution in [0.1, 0.15) is 29.3 Å². The van der Waals surface area contributed by atoms with Crippen molar-refractivity contribution in [1.82, 2.24) is 20.2 Å². The number of H-pyrrole nitrogens is 1. The average Bonchev–Trinajstić information content (AvgIpc) is 2.89. The zero-order valence-electron chi connectivity index (χ0n) is 20.5. The van der Waals surface area contributed by atoms with Crippen molar-refractivity contribution < 1.29 is 19.0 Å². The average molecular weight is 486 g/mol. The number of anilines is 1. The lowest BCUT2D eigenvalue weighted by molar-refractivity contribution is -0.121. The first kappa shape index (κ1) is 25.2. The Morgan fingerprint density at radius 2 is 1.77 bits per heavy atom. The topological polar surface area (TPSA) is 109 Å². The smallest absolute Gasteiger partial charge is 0.255 e. The Kier molecular flexibility index (Phi) is 8.73. The van der Waals surface area contributed by atoms with Gasteiger partial charge in [0.2, 0.25) is 11.9 Å². The van der Waals surface area contributed by atoms with E-state index >= 15 is 0 Å². The molecule has 1 aromatic heterocycles. The van der Waals surface area contributed by atoms with Crippen molar-refractivity contribution in [3.05, 3.63) is 51.4 Å². The highest BCUT2D eigenvalue weighted by Crippen LogP contribution is 2.23. The number of amides is 1.